The number of hydrogen-bond donors (Lipinski definition) is 2. The number of anilines is 3. The van der Waals surface area contributed by atoms with Gasteiger partial charge in [-0.3, -0.25) is 4.79 Å². The molecule has 0 spiro atoms. The zero-order chi connectivity index (χ0) is 15.5. The van der Waals surface area contributed by atoms with E-state index in [2.05, 4.69) is 15.6 Å². The molecule has 1 fully saturated rings. The van der Waals surface area contributed by atoms with Gasteiger partial charge in [0.1, 0.15) is 5.82 Å². The van der Waals surface area contributed by atoms with Gasteiger partial charge in [0, 0.05) is 5.92 Å². The summed E-state index contributed by atoms with van der Waals surface area (Å²) in [6.45, 7) is 0. The van der Waals surface area contributed by atoms with Crippen LogP contribution in [0.4, 0.5) is 17.2 Å². The van der Waals surface area contributed by atoms with Crippen molar-refractivity contribution < 1.29 is 4.79 Å². The van der Waals surface area contributed by atoms with E-state index in [1.807, 2.05) is 0 Å². The number of benzene rings is 1. The summed E-state index contributed by atoms with van der Waals surface area (Å²) >= 11 is 12.2. The van der Waals surface area contributed by atoms with Gasteiger partial charge < -0.3 is 10.6 Å². The van der Waals surface area contributed by atoms with Crippen LogP contribution in [-0.2, 0) is 4.79 Å². The summed E-state index contributed by atoms with van der Waals surface area (Å²) in [5.74, 6) is 0.833. The lowest BCUT2D eigenvalue weighted by Gasteiger charge is -2.23. The standard InChI is InChI=1S/C16H15Cl2N3O/c17-12-5-2-6-13(18)15(12)21-14-8-7-11(9-19-14)20-16(22)10-3-1-4-10/h2,5-10H,1,3-4H2,(H,19,21)(H,20,22). The number of carbonyl (C=O) groups excluding carboxylic acids is 1. The highest BCUT2D eigenvalue weighted by Crippen LogP contribution is 2.32. The van der Waals surface area contributed by atoms with Crippen molar-refractivity contribution in [2.45, 2.75) is 19.3 Å². The van der Waals surface area contributed by atoms with Gasteiger partial charge in [-0.1, -0.05) is 35.7 Å². The van der Waals surface area contributed by atoms with Crippen molar-refractivity contribution in [1.29, 1.82) is 0 Å². The minimum absolute atomic E-state index is 0.0721. The molecule has 1 aromatic heterocycles. The molecule has 0 bridgehead atoms. The van der Waals surface area contributed by atoms with Gasteiger partial charge in [-0.05, 0) is 37.1 Å². The molecule has 2 N–H and O–H groups in total. The normalized spacial score (nSPS) is 14.3. The number of amides is 1. The summed E-state index contributed by atoms with van der Waals surface area (Å²) in [5.41, 5.74) is 1.30. The Kier molecular flexibility index (Phi) is 4.50. The molecule has 0 unspecified atom stereocenters. The fourth-order valence-corrected chi connectivity index (χ4v) is 2.69. The van der Waals surface area contributed by atoms with E-state index in [4.69, 9.17) is 23.2 Å². The van der Waals surface area contributed by atoms with Gasteiger partial charge in [-0.15, -0.1) is 0 Å². The van der Waals surface area contributed by atoms with Gasteiger partial charge in [0.2, 0.25) is 5.91 Å². The van der Waals surface area contributed by atoms with E-state index in [-0.39, 0.29) is 11.8 Å². The Morgan fingerprint density at radius 1 is 1.14 bits per heavy atom. The second kappa shape index (κ2) is 6.55. The van der Waals surface area contributed by atoms with Gasteiger partial charge in [0.15, 0.2) is 0 Å². The van der Waals surface area contributed by atoms with Crippen LogP contribution in [-0.4, -0.2) is 10.9 Å². The average molecular weight is 336 g/mol. The first kappa shape index (κ1) is 15.1. The maximum atomic E-state index is 11.9. The summed E-state index contributed by atoms with van der Waals surface area (Å²) in [6, 6.07) is 8.86. The maximum Gasteiger partial charge on any atom is 0.227 e. The monoisotopic (exact) mass is 335 g/mol. The predicted octanol–water partition coefficient (Wildman–Crippen LogP) is 4.87. The van der Waals surface area contributed by atoms with Crippen LogP contribution in [0.15, 0.2) is 36.5 Å². The number of aromatic nitrogens is 1. The molecule has 0 atom stereocenters. The Labute approximate surface area is 138 Å². The van der Waals surface area contributed by atoms with Crippen molar-refractivity contribution in [3.8, 4) is 0 Å². The van der Waals surface area contributed by atoms with Crippen LogP contribution < -0.4 is 10.6 Å². The van der Waals surface area contributed by atoms with E-state index in [1.165, 1.54) is 0 Å². The minimum atomic E-state index is 0.0721. The molecule has 1 aliphatic carbocycles. The first-order valence-corrected chi connectivity index (χ1v) is 7.87. The smallest absolute Gasteiger partial charge is 0.227 e. The fraction of sp³-hybridized carbons (Fsp3) is 0.250. The molecule has 2 aromatic rings. The van der Waals surface area contributed by atoms with Crippen LogP contribution >= 0.6 is 23.2 Å². The quantitative estimate of drug-likeness (QED) is 0.837. The largest absolute Gasteiger partial charge is 0.338 e. The van der Waals surface area contributed by atoms with E-state index in [0.717, 1.165) is 19.3 Å². The lowest BCUT2D eigenvalue weighted by Crippen LogP contribution is -2.28. The van der Waals surface area contributed by atoms with Crippen molar-refractivity contribution in [3.05, 3.63) is 46.6 Å². The highest BCUT2D eigenvalue weighted by Gasteiger charge is 2.25. The van der Waals surface area contributed by atoms with Crippen LogP contribution in [0, 0.1) is 5.92 Å². The first-order chi connectivity index (χ1) is 10.6. The van der Waals surface area contributed by atoms with Crippen molar-refractivity contribution in [2.24, 2.45) is 5.92 Å². The second-order valence-corrected chi connectivity index (χ2v) is 6.09. The van der Waals surface area contributed by atoms with Crippen molar-refractivity contribution in [2.75, 3.05) is 10.6 Å². The number of nitrogens with zero attached hydrogens (tertiary/aromatic N) is 1. The number of halogens is 2. The van der Waals surface area contributed by atoms with Crippen LogP contribution in [0.1, 0.15) is 19.3 Å². The summed E-state index contributed by atoms with van der Waals surface area (Å²) < 4.78 is 0. The number of para-hydroxylation sites is 1. The summed E-state index contributed by atoms with van der Waals surface area (Å²) in [4.78, 5) is 16.1. The molecular formula is C16H15Cl2N3O. The molecule has 0 radical (unpaired) electrons. The number of hydrogen-bond acceptors (Lipinski definition) is 3. The van der Waals surface area contributed by atoms with Crippen molar-refractivity contribution >= 4 is 46.3 Å². The van der Waals surface area contributed by atoms with Crippen LogP contribution in [0.2, 0.25) is 10.0 Å². The Balaban J connectivity index is 1.67. The zero-order valence-corrected chi connectivity index (χ0v) is 13.3. The molecule has 0 saturated heterocycles. The van der Waals surface area contributed by atoms with Crippen molar-refractivity contribution in [1.82, 2.24) is 4.98 Å². The lowest BCUT2D eigenvalue weighted by atomic mass is 9.85. The third-order valence-corrected chi connectivity index (χ3v) is 4.35. The van der Waals surface area contributed by atoms with Gasteiger partial charge in [-0.25, -0.2) is 4.98 Å². The highest BCUT2D eigenvalue weighted by molar-refractivity contribution is 6.39. The van der Waals surface area contributed by atoms with E-state index < -0.39 is 0 Å². The molecule has 114 valence electrons. The maximum absolute atomic E-state index is 11.9. The predicted molar refractivity (Wildman–Crippen MR) is 90.0 cm³/mol. The number of carbonyl (C=O) groups is 1. The number of nitrogens with one attached hydrogen (secondary N) is 2. The molecule has 6 heteroatoms. The lowest BCUT2D eigenvalue weighted by molar-refractivity contribution is -0.122. The molecule has 22 heavy (non-hydrogen) atoms. The first-order valence-electron chi connectivity index (χ1n) is 7.11. The molecule has 4 nitrogen and oxygen atoms in total. The molecule has 1 heterocycles. The van der Waals surface area contributed by atoms with E-state index in [1.54, 1.807) is 36.5 Å². The van der Waals surface area contributed by atoms with Gasteiger partial charge in [0.25, 0.3) is 0 Å². The molecule has 1 aliphatic rings. The zero-order valence-electron chi connectivity index (χ0n) is 11.8. The fourth-order valence-electron chi connectivity index (χ4n) is 2.20. The average Bonchev–Trinajstić information content (AvgIpc) is 2.43. The topological polar surface area (TPSA) is 54.0 Å². The third-order valence-electron chi connectivity index (χ3n) is 3.72. The third kappa shape index (κ3) is 3.34. The molecule has 1 amide bonds. The number of pyridine rings is 1. The number of rotatable bonds is 4. The van der Waals surface area contributed by atoms with Gasteiger partial charge >= 0.3 is 0 Å². The Morgan fingerprint density at radius 3 is 2.41 bits per heavy atom. The van der Waals surface area contributed by atoms with Crippen LogP contribution in [0.3, 0.4) is 0 Å². The second-order valence-electron chi connectivity index (χ2n) is 5.27. The molecule has 0 aliphatic heterocycles. The molecular weight excluding hydrogens is 321 g/mol. The Bertz CT molecular complexity index is 664. The van der Waals surface area contributed by atoms with E-state index >= 15 is 0 Å². The van der Waals surface area contributed by atoms with Crippen LogP contribution in [0.5, 0.6) is 0 Å². The van der Waals surface area contributed by atoms with Crippen molar-refractivity contribution in [3.63, 3.8) is 0 Å². The van der Waals surface area contributed by atoms with E-state index in [9.17, 15) is 4.79 Å². The summed E-state index contributed by atoms with van der Waals surface area (Å²) in [6.07, 6.45) is 4.70. The van der Waals surface area contributed by atoms with E-state index in [0.29, 0.717) is 27.2 Å². The minimum Gasteiger partial charge on any atom is -0.338 e. The Hall–Kier alpha value is -1.78. The highest BCUT2D eigenvalue weighted by atomic mass is 35.5. The summed E-state index contributed by atoms with van der Waals surface area (Å²) in [7, 11) is 0. The SMILES string of the molecule is O=C(Nc1ccc(Nc2c(Cl)cccc2Cl)nc1)C1CCC1. The summed E-state index contributed by atoms with van der Waals surface area (Å²) in [5, 5.41) is 7.00. The molecule has 3 rings (SSSR count). The molecule has 1 saturated carbocycles. The van der Waals surface area contributed by atoms with Crippen LogP contribution in [0.25, 0.3) is 0 Å². The Morgan fingerprint density at radius 2 is 1.86 bits per heavy atom. The van der Waals surface area contributed by atoms with Gasteiger partial charge in [0.05, 0.1) is 27.6 Å². The van der Waals surface area contributed by atoms with Gasteiger partial charge in [-0.2, -0.15) is 0 Å². The molecule has 1 aromatic carbocycles.